The summed E-state index contributed by atoms with van der Waals surface area (Å²) in [5, 5.41) is 29.3. The third-order valence-electron chi connectivity index (χ3n) is 2.94. The fraction of sp³-hybridized carbons (Fsp3) is 1.00. The van der Waals surface area contributed by atoms with Crippen LogP contribution in [0, 0.1) is 0 Å². The van der Waals surface area contributed by atoms with E-state index in [1.54, 1.807) is 13.8 Å². The van der Waals surface area contributed by atoms with Gasteiger partial charge in [-0.3, -0.25) is 0 Å². The van der Waals surface area contributed by atoms with Crippen LogP contribution in [-0.4, -0.2) is 38.4 Å². The number of aliphatic hydroxyl groups excluding tert-OH is 2. The van der Waals surface area contributed by atoms with Crippen LogP contribution >= 0.6 is 0 Å². The van der Waals surface area contributed by atoms with Crippen molar-refractivity contribution in [2.24, 2.45) is 0 Å². The summed E-state index contributed by atoms with van der Waals surface area (Å²) in [5.41, 5.74) is -1.03. The van der Waals surface area contributed by atoms with Gasteiger partial charge < -0.3 is 15.3 Å². The topological polar surface area (TPSA) is 63.9 Å². The molecule has 0 bridgehead atoms. The Morgan fingerprint density at radius 3 is 1.79 bits per heavy atom. The first kappa shape index (κ1) is 11.9. The van der Waals surface area contributed by atoms with Crippen molar-refractivity contribution < 1.29 is 15.3 Å². The number of aliphatic hydroxyl groups is 3. The Morgan fingerprint density at radius 2 is 1.43 bits per heavy atom. The Bertz CT molecular complexity index is 168. The van der Waals surface area contributed by atoms with Gasteiger partial charge in [-0.1, -0.05) is 6.42 Å². The molecule has 0 amide bonds. The van der Waals surface area contributed by atoms with Crippen molar-refractivity contribution in [2.45, 2.75) is 64.1 Å². The molecule has 0 aliphatic heterocycles. The third kappa shape index (κ3) is 2.45. The lowest BCUT2D eigenvalue weighted by Gasteiger charge is -2.45. The highest BCUT2D eigenvalue weighted by Gasteiger charge is 2.40. The molecule has 1 aliphatic carbocycles. The summed E-state index contributed by atoms with van der Waals surface area (Å²) in [6.45, 7) is 3.14. The highest BCUT2D eigenvalue weighted by molar-refractivity contribution is 4.84. The first-order valence-electron chi connectivity index (χ1n) is 5.34. The molecule has 4 nitrogen and oxygen atoms in total. The molecule has 1 aliphatic rings. The zero-order chi connectivity index (χ0) is 10.8. The molecular weight excluding hydrogens is 182 g/mol. The summed E-state index contributed by atoms with van der Waals surface area (Å²) in [6.07, 6.45) is 2.64. The van der Waals surface area contributed by atoms with Gasteiger partial charge in [0, 0.05) is 0 Å². The van der Waals surface area contributed by atoms with Crippen molar-refractivity contribution in [3.05, 3.63) is 0 Å². The van der Waals surface area contributed by atoms with E-state index in [1.165, 1.54) is 4.90 Å². The molecule has 1 rings (SSSR count). The Balaban J connectivity index is 2.74. The van der Waals surface area contributed by atoms with Crippen LogP contribution in [0.15, 0.2) is 0 Å². The normalized spacial score (nSPS) is 26.1. The molecule has 3 N–H and O–H groups in total. The van der Waals surface area contributed by atoms with Gasteiger partial charge in [0.25, 0.3) is 0 Å². The molecule has 2 unspecified atom stereocenters. The van der Waals surface area contributed by atoms with Gasteiger partial charge in [-0.2, -0.15) is 0 Å². The summed E-state index contributed by atoms with van der Waals surface area (Å²) in [6, 6.07) is 0. The maximum absolute atomic E-state index is 10.3. The number of rotatable bonds is 3. The molecule has 0 radical (unpaired) electrons. The van der Waals surface area contributed by atoms with E-state index in [9.17, 15) is 15.3 Å². The lowest BCUT2D eigenvalue weighted by Crippen LogP contribution is -2.57. The van der Waals surface area contributed by atoms with Crippen LogP contribution in [0.25, 0.3) is 0 Å². The largest absolute Gasteiger partial charge is 0.379 e. The molecule has 0 spiro atoms. The van der Waals surface area contributed by atoms with Crippen molar-refractivity contribution in [3.63, 3.8) is 0 Å². The van der Waals surface area contributed by atoms with Crippen LogP contribution in [0.3, 0.4) is 0 Å². The Labute approximate surface area is 85.2 Å². The summed E-state index contributed by atoms with van der Waals surface area (Å²) < 4.78 is 0. The number of hydrogen-bond acceptors (Lipinski definition) is 4. The smallest absolute Gasteiger partial charge is 0.122 e. The van der Waals surface area contributed by atoms with E-state index in [0.29, 0.717) is 12.8 Å². The van der Waals surface area contributed by atoms with Gasteiger partial charge in [0.15, 0.2) is 0 Å². The summed E-state index contributed by atoms with van der Waals surface area (Å²) in [4.78, 5) is 1.38. The lowest BCUT2D eigenvalue weighted by atomic mass is 9.90. The molecule has 14 heavy (non-hydrogen) atoms. The zero-order valence-corrected chi connectivity index (χ0v) is 8.98. The Hall–Kier alpha value is -0.160. The predicted octanol–water partition coefficient (Wildman–Crippen LogP) is 0.618. The van der Waals surface area contributed by atoms with E-state index in [0.717, 1.165) is 19.3 Å². The van der Waals surface area contributed by atoms with Crippen LogP contribution in [0.2, 0.25) is 0 Å². The van der Waals surface area contributed by atoms with Gasteiger partial charge >= 0.3 is 0 Å². The SMILES string of the molecule is CC(O)N(C(C)O)C1(O)CCCCC1. The summed E-state index contributed by atoms with van der Waals surface area (Å²) in [5.74, 6) is 0. The van der Waals surface area contributed by atoms with Gasteiger partial charge in [-0.05, 0) is 39.5 Å². The first-order chi connectivity index (χ1) is 6.47. The molecule has 0 saturated heterocycles. The predicted molar refractivity (Wildman–Crippen MR) is 53.2 cm³/mol. The van der Waals surface area contributed by atoms with Gasteiger partial charge in [0.05, 0.1) is 0 Å². The lowest BCUT2D eigenvalue weighted by molar-refractivity contribution is -0.238. The molecule has 0 heterocycles. The van der Waals surface area contributed by atoms with E-state index < -0.39 is 18.2 Å². The second-order valence-electron chi connectivity index (χ2n) is 4.21. The quantitative estimate of drug-likeness (QED) is 0.588. The van der Waals surface area contributed by atoms with Crippen molar-refractivity contribution >= 4 is 0 Å². The Kier molecular flexibility index (Phi) is 3.89. The van der Waals surface area contributed by atoms with Crippen molar-refractivity contribution in [1.82, 2.24) is 4.90 Å². The standard InChI is InChI=1S/C10H21NO3/c1-8(12)11(9(2)13)10(14)6-4-3-5-7-10/h8-9,12-14H,3-7H2,1-2H3. The van der Waals surface area contributed by atoms with Crippen LogP contribution in [0.5, 0.6) is 0 Å². The van der Waals surface area contributed by atoms with Crippen LogP contribution in [-0.2, 0) is 0 Å². The minimum Gasteiger partial charge on any atom is -0.379 e. The molecule has 2 atom stereocenters. The fourth-order valence-electron chi connectivity index (χ4n) is 2.38. The molecular formula is C10H21NO3. The van der Waals surface area contributed by atoms with E-state index in [-0.39, 0.29) is 0 Å². The van der Waals surface area contributed by atoms with E-state index in [1.807, 2.05) is 0 Å². The molecule has 0 aromatic rings. The molecule has 84 valence electrons. The molecule has 1 saturated carbocycles. The van der Waals surface area contributed by atoms with E-state index in [4.69, 9.17) is 0 Å². The highest BCUT2D eigenvalue weighted by atomic mass is 16.4. The molecule has 0 aromatic carbocycles. The summed E-state index contributed by atoms with van der Waals surface area (Å²) >= 11 is 0. The van der Waals surface area contributed by atoms with Crippen molar-refractivity contribution in [1.29, 1.82) is 0 Å². The van der Waals surface area contributed by atoms with Gasteiger partial charge in [-0.25, -0.2) is 4.90 Å². The van der Waals surface area contributed by atoms with Crippen LogP contribution in [0.1, 0.15) is 46.0 Å². The second-order valence-corrected chi connectivity index (χ2v) is 4.21. The zero-order valence-electron chi connectivity index (χ0n) is 8.98. The minimum atomic E-state index is -1.03. The van der Waals surface area contributed by atoms with Gasteiger partial charge in [-0.15, -0.1) is 0 Å². The van der Waals surface area contributed by atoms with Crippen LogP contribution < -0.4 is 0 Å². The maximum Gasteiger partial charge on any atom is 0.122 e. The first-order valence-corrected chi connectivity index (χ1v) is 5.34. The molecule has 0 aromatic heterocycles. The fourth-order valence-corrected chi connectivity index (χ4v) is 2.38. The van der Waals surface area contributed by atoms with Crippen molar-refractivity contribution in [3.8, 4) is 0 Å². The highest BCUT2D eigenvalue weighted by Crippen LogP contribution is 2.33. The Morgan fingerprint density at radius 1 is 1.00 bits per heavy atom. The summed E-state index contributed by atoms with van der Waals surface area (Å²) in [7, 11) is 0. The monoisotopic (exact) mass is 203 g/mol. The molecule has 1 fully saturated rings. The number of hydrogen-bond donors (Lipinski definition) is 3. The second kappa shape index (κ2) is 4.57. The van der Waals surface area contributed by atoms with Crippen LogP contribution in [0.4, 0.5) is 0 Å². The molecule has 4 heteroatoms. The van der Waals surface area contributed by atoms with Gasteiger partial charge in [0.2, 0.25) is 0 Å². The minimum absolute atomic E-state index is 0.628. The third-order valence-corrected chi connectivity index (χ3v) is 2.94. The van der Waals surface area contributed by atoms with Gasteiger partial charge in [0.1, 0.15) is 18.2 Å². The number of nitrogens with zero attached hydrogens (tertiary/aromatic N) is 1. The van der Waals surface area contributed by atoms with E-state index in [2.05, 4.69) is 0 Å². The van der Waals surface area contributed by atoms with Crippen molar-refractivity contribution in [2.75, 3.05) is 0 Å². The van der Waals surface area contributed by atoms with E-state index >= 15 is 0 Å². The maximum atomic E-state index is 10.3. The average Bonchev–Trinajstić information content (AvgIpc) is 2.02. The average molecular weight is 203 g/mol.